The van der Waals surface area contributed by atoms with Gasteiger partial charge in [-0.2, -0.15) is 0 Å². The summed E-state index contributed by atoms with van der Waals surface area (Å²) in [5.74, 6) is -0.326. The Balaban J connectivity index is 1.69. The summed E-state index contributed by atoms with van der Waals surface area (Å²) in [5.41, 5.74) is 0.693. The van der Waals surface area contributed by atoms with Crippen LogP contribution in [-0.2, 0) is 25.4 Å². The lowest BCUT2D eigenvalue weighted by atomic mass is 10.0. The maximum atomic E-state index is 12.0. The molecule has 0 amide bonds. The van der Waals surface area contributed by atoms with Crippen molar-refractivity contribution in [3.8, 4) is 0 Å². The monoisotopic (exact) mass is 360 g/mol. The Morgan fingerprint density at radius 1 is 1.19 bits per heavy atom. The van der Waals surface area contributed by atoms with E-state index in [0.717, 1.165) is 30.5 Å². The van der Waals surface area contributed by atoms with E-state index in [2.05, 4.69) is 4.90 Å². The molecule has 2 aromatic rings. The molecular formula is C18H24N4O4. The normalized spacial score (nSPS) is 16.0. The predicted octanol–water partition coefficient (Wildman–Crippen LogP) is 0.509. The molecule has 1 aliphatic heterocycles. The minimum atomic E-state index is -0.326. The summed E-state index contributed by atoms with van der Waals surface area (Å²) < 4.78 is 9.45. The molecule has 1 saturated heterocycles. The molecule has 1 fully saturated rings. The van der Waals surface area contributed by atoms with Crippen molar-refractivity contribution < 1.29 is 9.53 Å². The Labute approximate surface area is 151 Å². The molecule has 0 aromatic carbocycles. The third kappa shape index (κ3) is 3.37. The summed E-state index contributed by atoms with van der Waals surface area (Å²) in [7, 11) is 4.55. The lowest BCUT2D eigenvalue weighted by Gasteiger charge is -2.33. The highest BCUT2D eigenvalue weighted by molar-refractivity contribution is 5.87. The van der Waals surface area contributed by atoms with Crippen LogP contribution < -0.4 is 11.2 Å². The van der Waals surface area contributed by atoms with Gasteiger partial charge in [-0.3, -0.25) is 18.8 Å². The van der Waals surface area contributed by atoms with Crippen molar-refractivity contribution in [1.29, 1.82) is 0 Å². The molecule has 0 spiro atoms. The van der Waals surface area contributed by atoms with Crippen molar-refractivity contribution >= 4 is 5.97 Å². The standard InChI is InChI=1S/C18H24N4O4/c1-19-14(11-16(23)20(2)18(19)25)12-21-9-6-13(7-10-21)22-8-4-5-15(22)17(24)26-3/h4-5,8,11,13H,6-7,9-10,12H2,1-3H3. The van der Waals surface area contributed by atoms with Gasteiger partial charge in [-0.25, -0.2) is 9.59 Å². The number of hydrogen-bond donors (Lipinski definition) is 0. The van der Waals surface area contributed by atoms with E-state index < -0.39 is 0 Å². The Morgan fingerprint density at radius 2 is 1.88 bits per heavy atom. The molecule has 140 valence electrons. The molecule has 8 nitrogen and oxygen atoms in total. The van der Waals surface area contributed by atoms with Crippen molar-refractivity contribution in [2.75, 3.05) is 20.2 Å². The van der Waals surface area contributed by atoms with E-state index in [0.29, 0.717) is 17.9 Å². The molecule has 8 heteroatoms. The van der Waals surface area contributed by atoms with Crippen LogP contribution >= 0.6 is 0 Å². The number of piperidine rings is 1. The van der Waals surface area contributed by atoms with Crippen molar-refractivity contribution in [2.45, 2.75) is 25.4 Å². The fourth-order valence-electron chi connectivity index (χ4n) is 3.50. The van der Waals surface area contributed by atoms with Crippen LogP contribution in [0.25, 0.3) is 0 Å². The smallest absolute Gasteiger partial charge is 0.354 e. The third-order valence-corrected chi connectivity index (χ3v) is 5.13. The van der Waals surface area contributed by atoms with E-state index in [4.69, 9.17) is 4.74 Å². The minimum Gasteiger partial charge on any atom is -0.464 e. The van der Waals surface area contributed by atoms with Crippen LogP contribution in [0, 0.1) is 0 Å². The zero-order valence-electron chi connectivity index (χ0n) is 15.3. The van der Waals surface area contributed by atoms with Crippen LogP contribution in [0.3, 0.4) is 0 Å². The molecule has 2 aromatic heterocycles. The summed E-state index contributed by atoms with van der Waals surface area (Å²) in [6.45, 7) is 2.21. The molecule has 26 heavy (non-hydrogen) atoms. The maximum Gasteiger partial charge on any atom is 0.354 e. The van der Waals surface area contributed by atoms with Crippen LogP contribution in [0.1, 0.15) is 35.1 Å². The van der Waals surface area contributed by atoms with Gasteiger partial charge in [-0.15, -0.1) is 0 Å². The zero-order chi connectivity index (χ0) is 18.8. The van der Waals surface area contributed by atoms with E-state index in [1.165, 1.54) is 24.8 Å². The molecule has 1 aliphatic rings. The molecular weight excluding hydrogens is 336 g/mol. The Morgan fingerprint density at radius 3 is 2.54 bits per heavy atom. The first kappa shape index (κ1) is 18.2. The zero-order valence-corrected chi connectivity index (χ0v) is 15.3. The number of carbonyl (C=O) groups is 1. The average molecular weight is 360 g/mol. The van der Waals surface area contributed by atoms with Crippen LogP contribution in [0.15, 0.2) is 34.0 Å². The molecule has 3 heterocycles. The second kappa shape index (κ2) is 7.33. The van der Waals surface area contributed by atoms with Gasteiger partial charge in [0.2, 0.25) is 0 Å². The number of carbonyl (C=O) groups excluding carboxylic acids is 1. The topological polar surface area (TPSA) is 78.5 Å². The summed E-state index contributed by atoms with van der Waals surface area (Å²) in [5, 5.41) is 0. The van der Waals surface area contributed by atoms with Gasteiger partial charge in [0.15, 0.2) is 0 Å². The first-order valence-electron chi connectivity index (χ1n) is 8.66. The second-order valence-corrected chi connectivity index (χ2v) is 6.67. The fourth-order valence-corrected chi connectivity index (χ4v) is 3.50. The van der Waals surface area contributed by atoms with Gasteiger partial charge < -0.3 is 9.30 Å². The van der Waals surface area contributed by atoms with Gasteiger partial charge in [0.1, 0.15) is 5.69 Å². The average Bonchev–Trinajstić information content (AvgIpc) is 3.14. The van der Waals surface area contributed by atoms with E-state index >= 15 is 0 Å². The lowest BCUT2D eigenvalue weighted by molar-refractivity contribution is 0.0581. The highest BCUT2D eigenvalue weighted by Gasteiger charge is 2.24. The summed E-state index contributed by atoms with van der Waals surface area (Å²) in [6.07, 6.45) is 3.69. The van der Waals surface area contributed by atoms with Crippen molar-refractivity contribution in [2.24, 2.45) is 14.1 Å². The molecule has 3 rings (SSSR count). The number of rotatable bonds is 4. The first-order valence-corrected chi connectivity index (χ1v) is 8.66. The number of hydrogen-bond acceptors (Lipinski definition) is 5. The highest BCUT2D eigenvalue weighted by Crippen LogP contribution is 2.25. The number of ether oxygens (including phenoxy) is 1. The van der Waals surface area contributed by atoms with Crippen LogP contribution in [0.5, 0.6) is 0 Å². The molecule has 0 N–H and O–H groups in total. The van der Waals surface area contributed by atoms with Gasteiger partial charge in [-0.1, -0.05) is 0 Å². The van der Waals surface area contributed by atoms with Gasteiger partial charge in [-0.05, 0) is 25.0 Å². The van der Waals surface area contributed by atoms with E-state index in [1.807, 2.05) is 16.8 Å². The molecule has 0 atom stereocenters. The predicted molar refractivity (Wildman–Crippen MR) is 96.2 cm³/mol. The number of aromatic nitrogens is 3. The summed E-state index contributed by atoms with van der Waals surface area (Å²) >= 11 is 0. The second-order valence-electron chi connectivity index (χ2n) is 6.67. The molecule has 0 bridgehead atoms. The molecule has 0 unspecified atom stereocenters. The molecule has 0 saturated carbocycles. The van der Waals surface area contributed by atoms with Crippen LogP contribution in [0.2, 0.25) is 0 Å². The SMILES string of the molecule is COC(=O)c1cccn1C1CCN(Cc2cc(=O)n(C)c(=O)n2C)CC1. The Hall–Kier alpha value is -2.61. The van der Waals surface area contributed by atoms with Gasteiger partial charge >= 0.3 is 11.7 Å². The van der Waals surface area contributed by atoms with E-state index in [9.17, 15) is 14.4 Å². The number of likely N-dealkylation sites (tertiary alicyclic amines) is 1. The first-order chi connectivity index (χ1) is 12.4. The van der Waals surface area contributed by atoms with Gasteiger partial charge in [0.05, 0.1) is 7.11 Å². The van der Waals surface area contributed by atoms with E-state index in [1.54, 1.807) is 13.1 Å². The summed E-state index contributed by atoms with van der Waals surface area (Å²) in [6, 6.07) is 5.39. The van der Waals surface area contributed by atoms with Crippen LogP contribution in [-0.4, -0.2) is 44.8 Å². The molecule has 0 radical (unpaired) electrons. The van der Waals surface area contributed by atoms with Crippen molar-refractivity contribution in [1.82, 2.24) is 18.6 Å². The highest BCUT2D eigenvalue weighted by atomic mass is 16.5. The fraction of sp³-hybridized carbons (Fsp3) is 0.500. The number of methoxy groups -OCH3 is 1. The van der Waals surface area contributed by atoms with Crippen LogP contribution in [0.4, 0.5) is 0 Å². The Kier molecular flexibility index (Phi) is 5.13. The minimum absolute atomic E-state index is 0.239. The third-order valence-electron chi connectivity index (χ3n) is 5.13. The summed E-state index contributed by atoms with van der Waals surface area (Å²) in [4.78, 5) is 38.0. The molecule has 0 aliphatic carbocycles. The van der Waals surface area contributed by atoms with Crippen molar-refractivity contribution in [3.05, 3.63) is 56.6 Å². The largest absolute Gasteiger partial charge is 0.464 e. The van der Waals surface area contributed by atoms with Gasteiger partial charge in [0, 0.05) is 57.7 Å². The van der Waals surface area contributed by atoms with Gasteiger partial charge in [0.25, 0.3) is 5.56 Å². The van der Waals surface area contributed by atoms with Crippen molar-refractivity contribution in [3.63, 3.8) is 0 Å². The maximum absolute atomic E-state index is 12.0. The number of nitrogens with zero attached hydrogens (tertiary/aromatic N) is 4. The van der Waals surface area contributed by atoms with E-state index in [-0.39, 0.29) is 23.3 Å². The number of esters is 1. The Bertz CT molecular complexity index is 916. The quantitative estimate of drug-likeness (QED) is 0.743. The lowest BCUT2D eigenvalue weighted by Crippen LogP contribution is -2.41.